The van der Waals surface area contributed by atoms with Crippen LogP contribution in [0.4, 0.5) is 0 Å². The molecule has 0 aliphatic carbocycles. The normalized spacial score (nSPS) is 10.8. The fraction of sp³-hybridized carbons (Fsp3) is 0.545. The second-order valence-electron chi connectivity index (χ2n) is 3.62. The summed E-state index contributed by atoms with van der Waals surface area (Å²) < 4.78 is 5.22. The number of Topliss-reactive ketones (excluding diaryl/α,β-unsaturated/α-hetero) is 1. The summed E-state index contributed by atoms with van der Waals surface area (Å²) in [7, 11) is 2.03. The van der Waals surface area contributed by atoms with E-state index in [1.54, 1.807) is 13.2 Å². The Morgan fingerprint density at radius 2 is 2.36 bits per heavy atom. The van der Waals surface area contributed by atoms with Crippen molar-refractivity contribution in [2.24, 2.45) is 0 Å². The average molecular weight is 195 g/mol. The van der Waals surface area contributed by atoms with Crippen molar-refractivity contribution in [2.75, 3.05) is 13.6 Å². The first kappa shape index (κ1) is 11.0. The lowest BCUT2D eigenvalue weighted by Crippen LogP contribution is -2.19. The molecule has 14 heavy (non-hydrogen) atoms. The van der Waals surface area contributed by atoms with Gasteiger partial charge in [-0.25, -0.2) is 0 Å². The van der Waals surface area contributed by atoms with Gasteiger partial charge in [0.15, 0.2) is 0 Å². The van der Waals surface area contributed by atoms with E-state index in [0.717, 1.165) is 25.3 Å². The number of hydrogen-bond acceptors (Lipinski definition) is 3. The summed E-state index contributed by atoms with van der Waals surface area (Å²) in [6.45, 7) is 3.37. The topological polar surface area (TPSA) is 33.5 Å². The van der Waals surface area contributed by atoms with E-state index in [9.17, 15) is 4.79 Å². The van der Waals surface area contributed by atoms with Crippen LogP contribution in [-0.4, -0.2) is 24.3 Å². The Hall–Kier alpha value is -1.09. The molecule has 1 rings (SSSR count). The van der Waals surface area contributed by atoms with Gasteiger partial charge in [-0.3, -0.25) is 4.90 Å². The van der Waals surface area contributed by atoms with Crippen molar-refractivity contribution in [3.63, 3.8) is 0 Å². The molecule has 0 fully saturated rings. The predicted octanol–water partition coefficient (Wildman–Crippen LogP) is 2.08. The van der Waals surface area contributed by atoms with Crippen molar-refractivity contribution in [3.05, 3.63) is 24.2 Å². The molecule has 3 nitrogen and oxygen atoms in total. The second kappa shape index (κ2) is 5.60. The molecule has 0 unspecified atom stereocenters. The SMILES string of the molecule is CC(=O)CCCN(C)Cc1ccco1. The van der Waals surface area contributed by atoms with Crippen molar-refractivity contribution in [1.29, 1.82) is 0 Å². The van der Waals surface area contributed by atoms with Crippen molar-refractivity contribution >= 4 is 5.78 Å². The second-order valence-corrected chi connectivity index (χ2v) is 3.62. The molecular weight excluding hydrogens is 178 g/mol. The maximum atomic E-state index is 10.7. The zero-order chi connectivity index (χ0) is 10.4. The largest absolute Gasteiger partial charge is 0.468 e. The van der Waals surface area contributed by atoms with Crippen molar-refractivity contribution in [2.45, 2.75) is 26.3 Å². The quantitative estimate of drug-likeness (QED) is 0.696. The summed E-state index contributed by atoms with van der Waals surface area (Å²) >= 11 is 0. The van der Waals surface area contributed by atoms with Crippen LogP contribution in [0, 0.1) is 0 Å². The van der Waals surface area contributed by atoms with E-state index in [-0.39, 0.29) is 5.78 Å². The predicted molar refractivity (Wildman–Crippen MR) is 55.0 cm³/mol. The highest BCUT2D eigenvalue weighted by Crippen LogP contribution is 2.04. The van der Waals surface area contributed by atoms with E-state index in [0.29, 0.717) is 6.42 Å². The van der Waals surface area contributed by atoms with E-state index >= 15 is 0 Å². The number of hydrogen-bond donors (Lipinski definition) is 0. The van der Waals surface area contributed by atoms with Gasteiger partial charge in [-0.05, 0) is 39.1 Å². The Kier molecular flexibility index (Phi) is 4.40. The van der Waals surface area contributed by atoms with Gasteiger partial charge in [0.25, 0.3) is 0 Å². The van der Waals surface area contributed by atoms with Crippen LogP contribution in [0.25, 0.3) is 0 Å². The van der Waals surface area contributed by atoms with Gasteiger partial charge in [0.2, 0.25) is 0 Å². The van der Waals surface area contributed by atoms with E-state index in [4.69, 9.17) is 4.42 Å². The molecule has 78 valence electrons. The van der Waals surface area contributed by atoms with E-state index in [1.165, 1.54) is 0 Å². The van der Waals surface area contributed by atoms with Gasteiger partial charge < -0.3 is 9.21 Å². The van der Waals surface area contributed by atoms with Gasteiger partial charge in [-0.15, -0.1) is 0 Å². The Morgan fingerprint density at radius 3 is 2.93 bits per heavy atom. The van der Waals surface area contributed by atoms with Crippen LogP contribution in [-0.2, 0) is 11.3 Å². The highest BCUT2D eigenvalue weighted by atomic mass is 16.3. The van der Waals surface area contributed by atoms with Gasteiger partial charge in [0.05, 0.1) is 12.8 Å². The molecule has 0 spiro atoms. The molecule has 3 heteroatoms. The maximum absolute atomic E-state index is 10.7. The standard InChI is InChI=1S/C11H17NO2/c1-10(13)5-3-7-12(2)9-11-6-4-8-14-11/h4,6,8H,3,5,7,9H2,1-2H3. The summed E-state index contributed by atoms with van der Waals surface area (Å²) in [6, 6.07) is 3.85. The van der Waals surface area contributed by atoms with Crippen LogP contribution < -0.4 is 0 Å². The molecule has 0 aromatic carbocycles. The number of ketones is 1. The Labute approximate surface area is 84.7 Å². The highest BCUT2D eigenvalue weighted by molar-refractivity contribution is 5.75. The average Bonchev–Trinajstić information content (AvgIpc) is 2.56. The molecule has 0 saturated carbocycles. The summed E-state index contributed by atoms with van der Waals surface area (Å²) in [4.78, 5) is 12.9. The summed E-state index contributed by atoms with van der Waals surface area (Å²) in [5, 5.41) is 0. The summed E-state index contributed by atoms with van der Waals surface area (Å²) in [5.74, 6) is 1.23. The summed E-state index contributed by atoms with van der Waals surface area (Å²) in [6.07, 6.45) is 3.27. The van der Waals surface area contributed by atoms with Crippen LogP contribution in [0.3, 0.4) is 0 Å². The van der Waals surface area contributed by atoms with Crippen LogP contribution in [0.5, 0.6) is 0 Å². The fourth-order valence-corrected chi connectivity index (χ4v) is 1.35. The fourth-order valence-electron chi connectivity index (χ4n) is 1.35. The first-order chi connectivity index (χ1) is 6.68. The van der Waals surface area contributed by atoms with Crippen LogP contribution in [0.2, 0.25) is 0 Å². The Morgan fingerprint density at radius 1 is 1.57 bits per heavy atom. The first-order valence-corrected chi connectivity index (χ1v) is 4.89. The molecule has 1 aromatic rings. The monoisotopic (exact) mass is 195 g/mol. The molecule has 0 bridgehead atoms. The number of rotatable bonds is 6. The van der Waals surface area contributed by atoms with Gasteiger partial charge in [-0.2, -0.15) is 0 Å². The van der Waals surface area contributed by atoms with Crippen molar-refractivity contribution in [3.8, 4) is 0 Å². The van der Waals surface area contributed by atoms with Crippen molar-refractivity contribution < 1.29 is 9.21 Å². The third-order valence-electron chi connectivity index (χ3n) is 2.07. The Balaban J connectivity index is 2.16. The molecule has 0 amide bonds. The Bertz CT molecular complexity index is 267. The zero-order valence-corrected chi connectivity index (χ0v) is 8.82. The third-order valence-corrected chi connectivity index (χ3v) is 2.07. The number of carbonyl (C=O) groups is 1. The van der Waals surface area contributed by atoms with Gasteiger partial charge in [0.1, 0.15) is 11.5 Å². The lowest BCUT2D eigenvalue weighted by atomic mass is 10.2. The molecule has 1 aromatic heterocycles. The molecule has 0 aliphatic rings. The van der Waals surface area contributed by atoms with E-state index < -0.39 is 0 Å². The minimum atomic E-state index is 0.261. The van der Waals surface area contributed by atoms with Crippen LogP contribution in [0.15, 0.2) is 22.8 Å². The molecule has 0 atom stereocenters. The van der Waals surface area contributed by atoms with Crippen molar-refractivity contribution in [1.82, 2.24) is 4.90 Å². The maximum Gasteiger partial charge on any atom is 0.129 e. The molecule has 0 aliphatic heterocycles. The lowest BCUT2D eigenvalue weighted by molar-refractivity contribution is -0.117. The van der Waals surface area contributed by atoms with Gasteiger partial charge in [0, 0.05) is 6.42 Å². The summed E-state index contributed by atoms with van der Waals surface area (Å²) in [5.41, 5.74) is 0. The number of carbonyl (C=O) groups excluding carboxylic acids is 1. The molecule has 0 radical (unpaired) electrons. The third kappa shape index (κ3) is 4.23. The molecule has 1 heterocycles. The van der Waals surface area contributed by atoms with E-state index in [2.05, 4.69) is 4.90 Å². The molecule has 0 saturated heterocycles. The smallest absolute Gasteiger partial charge is 0.129 e. The first-order valence-electron chi connectivity index (χ1n) is 4.89. The van der Waals surface area contributed by atoms with Crippen LogP contribution in [0.1, 0.15) is 25.5 Å². The minimum absolute atomic E-state index is 0.261. The van der Waals surface area contributed by atoms with Gasteiger partial charge in [-0.1, -0.05) is 0 Å². The molecular formula is C11H17NO2. The van der Waals surface area contributed by atoms with E-state index in [1.807, 2.05) is 19.2 Å². The highest BCUT2D eigenvalue weighted by Gasteiger charge is 2.02. The number of nitrogens with zero attached hydrogens (tertiary/aromatic N) is 1. The minimum Gasteiger partial charge on any atom is -0.468 e. The lowest BCUT2D eigenvalue weighted by Gasteiger charge is -2.13. The van der Waals surface area contributed by atoms with Gasteiger partial charge >= 0.3 is 0 Å². The zero-order valence-electron chi connectivity index (χ0n) is 8.82. The molecule has 0 N–H and O–H groups in total. The number of furan rings is 1. The van der Waals surface area contributed by atoms with Crippen LogP contribution >= 0.6 is 0 Å².